The molecule has 7 nitrogen and oxygen atoms in total. The summed E-state index contributed by atoms with van der Waals surface area (Å²) in [7, 11) is 0. The number of carbonyl (C=O) groups excluding carboxylic acids is 1. The Morgan fingerprint density at radius 3 is 2.69 bits per heavy atom. The van der Waals surface area contributed by atoms with Gasteiger partial charge < -0.3 is 15.4 Å². The van der Waals surface area contributed by atoms with Crippen LogP contribution in [0.1, 0.15) is 48.7 Å². The molecule has 3 aliphatic rings. The summed E-state index contributed by atoms with van der Waals surface area (Å²) in [5.74, 6) is -0.0518. The third kappa shape index (κ3) is 1.82. The minimum atomic E-state index is -1.38. The van der Waals surface area contributed by atoms with E-state index in [1.54, 1.807) is 4.90 Å². The lowest BCUT2D eigenvalue weighted by molar-refractivity contribution is -0.121. The summed E-state index contributed by atoms with van der Waals surface area (Å²) in [6, 6.07) is 6.25. The fraction of sp³-hybridized carbons (Fsp3) is 0.318. The first-order valence-electron chi connectivity index (χ1n) is 9.47. The van der Waals surface area contributed by atoms with Gasteiger partial charge in [0.1, 0.15) is 17.1 Å². The number of amides is 1. The lowest BCUT2D eigenvalue weighted by Crippen LogP contribution is -2.53. The lowest BCUT2D eigenvalue weighted by Gasteiger charge is -2.40. The van der Waals surface area contributed by atoms with Crippen molar-refractivity contribution in [3.05, 3.63) is 57.6 Å². The van der Waals surface area contributed by atoms with Crippen LogP contribution in [0.15, 0.2) is 29.7 Å². The first-order valence-corrected chi connectivity index (χ1v) is 9.47. The van der Waals surface area contributed by atoms with E-state index in [-0.39, 0.29) is 23.2 Å². The average molecular weight is 387 g/mol. The summed E-state index contributed by atoms with van der Waals surface area (Å²) in [5, 5.41) is 17.2. The Bertz CT molecular complexity index is 1240. The molecular weight excluding hydrogens is 366 g/mol. The Morgan fingerprint density at radius 1 is 1.28 bits per heavy atom. The molecule has 2 aromatic rings. The molecule has 0 fully saturated rings. The predicted molar refractivity (Wildman–Crippen MR) is 108 cm³/mol. The summed E-state index contributed by atoms with van der Waals surface area (Å²) in [4.78, 5) is 16.1. The molecule has 0 saturated carbocycles. The van der Waals surface area contributed by atoms with Gasteiger partial charge in [0.15, 0.2) is 0 Å². The number of H-pyrrole nitrogens is 1. The molecule has 0 unspecified atom stereocenters. The van der Waals surface area contributed by atoms with E-state index >= 15 is 0 Å². The number of aromatic nitrogens is 2. The van der Waals surface area contributed by atoms with Crippen molar-refractivity contribution >= 4 is 17.2 Å². The van der Waals surface area contributed by atoms with Gasteiger partial charge in [-0.25, -0.2) is 0 Å². The fourth-order valence-corrected chi connectivity index (χ4v) is 5.22. The molecule has 3 N–H and O–H groups in total. The molecule has 7 heteroatoms. The van der Waals surface area contributed by atoms with Crippen LogP contribution >= 0.6 is 0 Å². The third-order valence-corrected chi connectivity index (χ3v) is 6.21. The highest BCUT2D eigenvalue weighted by Crippen LogP contribution is 2.60. The number of rotatable bonds is 0. The first kappa shape index (κ1) is 17.6. The molecule has 1 aromatic carbocycles. The van der Waals surface area contributed by atoms with E-state index in [1.165, 1.54) is 0 Å². The summed E-state index contributed by atoms with van der Waals surface area (Å²) >= 11 is 0. The van der Waals surface area contributed by atoms with Crippen LogP contribution in [0, 0.1) is 25.2 Å². The molecule has 146 valence electrons. The molecule has 0 saturated heterocycles. The molecule has 0 bridgehead atoms. The van der Waals surface area contributed by atoms with E-state index in [2.05, 4.69) is 35.3 Å². The maximum absolute atomic E-state index is 14.3. The van der Waals surface area contributed by atoms with Gasteiger partial charge in [0, 0.05) is 16.8 Å². The number of fused-ring (bicyclic) bond motifs is 3. The van der Waals surface area contributed by atoms with E-state index in [9.17, 15) is 10.1 Å². The zero-order valence-electron chi connectivity index (χ0n) is 17.0. The fourth-order valence-electron chi connectivity index (χ4n) is 5.22. The molecule has 0 radical (unpaired) electrons. The van der Waals surface area contributed by atoms with Crippen LogP contribution in [0.2, 0.25) is 0 Å². The smallest absolute Gasteiger partial charge is 0.248 e. The van der Waals surface area contributed by atoms with Crippen LogP contribution in [-0.2, 0) is 10.2 Å². The third-order valence-electron chi connectivity index (χ3n) is 6.21. The molecule has 1 aromatic heterocycles. The van der Waals surface area contributed by atoms with Gasteiger partial charge in [-0.2, -0.15) is 5.26 Å². The van der Waals surface area contributed by atoms with Crippen LogP contribution in [-0.4, -0.2) is 21.6 Å². The predicted octanol–water partition coefficient (Wildman–Crippen LogP) is 2.94. The number of nitriles is 1. The highest BCUT2D eigenvalue weighted by atomic mass is 16.5. The van der Waals surface area contributed by atoms with Crippen molar-refractivity contribution in [2.45, 2.75) is 45.6 Å². The Hall–Kier alpha value is -3.53. The minimum absolute atomic E-state index is 0.0857. The summed E-state index contributed by atoms with van der Waals surface area (Å²) < 4.78 is 5.63. The number of hydrogen-bond donors (Lipinski definition) is 2. The second kappa shape index (κ2) is 5.09. The second-order valence-electron chi connectivity index (χ2n) is 8.56. The topological polar surface area (TPSA) is 108 Å². The zero-order chi connectivity index (χ0) is 20.9. The molecular formula is C22H21N5O2. The van der Waals surface area contributed by atoms with Crippen molar-refractivity contribution in [1.82, 2.24) is 10.2 Å². The van der Waals surface area contributed by atoms with Crippen molar-refractivity contribution < 1.29 is 9.53 Å². The lowest BCUT2D eigenvalue weighted by atomic mass is 9.68. The molecule has 1 atom stereocenters. The number of ether oxygens (including phenoxy) is 1. The van der Waals surface area contributed by atoms with Gasteiger partial charge in [-0.15, -0.1) is 5.10 Å². The Balaban J connectivity index is 2.01. The second-order valence-corrected chi connectivity index (χ2v) is 8.56. The van der Waals surface area contributed by atoms with E-state index in [0.717, 1.165) is 28.0 Å². The summed E-state index contributed by atoms with van der Waals surface area (Å²) in [6.07, 6.45) is 2.09. The number of allylic oxidation sites excluding steroid dienone is 1. The van der Waals surface area contributed by atoms with E-state index in [4.69, 9.17) is 10.5 Å². The molecule has 1 spiro atoms. The van der Waals surface area contributed by atoms with Crippen LogP contribution in [0.5, 0.6) is 5.88 Å². The number of carbonyl (C=O) groups is 1. The van der Waals surface area contributed by atoms with Gasteiger partial charge in [0.2, 0.25) is 17.7 Å². The van der Waals surface area contributed by atoms with Gasteiger partial charge >= 0.3 is 0 Å². The van der Waals surface area contributed by atoms with E-state index < -0.39 is 11.0 Å². The zero-order valence-corrected chi connectivity index (χ0v) is 17.0. The SMILES string of the molecule is CC1=CC(C)(C)N2C(=O)[C@@]3(C(C#N)=C(N)Oc4n[nH]c(C)c43)c3cc(C)cc1c32. The van der Waals surface area contributed by atoms with Crippen LogP contribution < -0.4 is 15.4 Å². The largest absolute Gasteiger partial charge is 0.420 e. The van der Waals surface area contributed by atoms with Gasteiger partial charge in [0.05, 0.1) is 16.8 Å². The standard InChI is InChI=1S/C22H21N5O2/c1-10-6-13-11(2)8-21(4,5)27-17(13)14(7-10)22(20(27)28)15(9-23)18(24)29-19-16(22)12(3)25-26-19/h6-8H,24H2,1-5H3,(H,25,26)/t22-/m1/s1. The molecule has 3 aliphatic heterocycles. The first-order chi connectivity index (χ1) is 13.6. The summed E-state index contributed by atoms with van der Waals surface area (Å²) in [6.45, 7) is 9.88. The number of nitrogens with two attached hydrogens (primary N) is 1. The van der Waals surface area contributed by atoms with Crippen molar-refractivity contribution in [2.24, 2.45) is 5.73 Å². The minimum Gasteiger partial charge on any atom is -0.420 e. The van der Waals surface area contributed by atoms with E-state index in [0.29, 0.717) is 11.3 Å². The molecule has 1 amide bonds. The Labute approximate surface area is 168 Å². The highest BCUT2D eigenvalue weighted by molar-refractivity contribution is 6.18. The van der Waals surface area contributed by atoms with Crippen molar-refractivity contribution in [1.29, 1.82) is 5.26 Å². The number of aryl methyl sites for hydroxylation is 2. The maximum atomic E-state index is 14.3. The molecule has 4 heterocycles. The Morgan fingerprint density at radius 2 is 2.00 bits per heavy atom. The van der Waals surface area contributed by atoms with Crippen molar-refractivity contribution in [2.75, 3.05) is 4.90 Å². The highest BCUT2D eigenvalue weighted by Gasteiger charge is 2.63. The molecule has 29 heavy (non-hydrogen) atoms. The maximum Gasteiger partial charge on any atom is 0.248 e. The monoisotopic (exact) mass is 387 g/mol. The number of nitrogens with one attached hydrogen (secondary N) is 1. The molecule has 5 rings (SSSR count). The number of hydrogen-bond acceptors (Lipinski definition) is 5. The van der Waals surface area contributed by atoms with Gasteiger partial charge in [-0.1, -0.05) is 17.7 Å². The van der Waals surface area contributed by atoms with Crippen molar-refractivity contribution in [3.63, 3.8) is 0 Å². The Kier molecular flexibility index (Phi) is 3.08. The van der Waals surface area contributed by atoms with Crippen molar-refractivity contribution in [3.8, 4) is 11.9 Å². The van der Waals surface area contributed by atoms with E-state index in [1.807, 2.05) is 33.8 Å². The normalized spacial score (nSPS) is 23.5. The van der Waals surface area contributed by atoms with Crippen LogP contribution in [0.25, 0.3) is 5.57 Å². The number of nitrogens with zero attached hydrogens (tertiary/aromatic N) is 3. The van der Waals surface area contributed by atoms with Gasteiger partial charge in [0.25, 0.3) is 0 Å². The van der Waals surface area contributed by atoms with Gasteiger partial charge in [-0.05, 0) is 46.3 Å². The van der Waals surface area contributed by atoms with Crippen LogP contribution in [0.4, 0.5) is 5.69 Å². The summed E-state index contributed by atoms with van der Waals surface area (Å²) in [5.41, 5.74) is 10.2. The number of benzene rings is 1. The number of aromatic amines is 1. The quantitative estimate of drug-likeness (QED) is 0.722. The average Bonchev–Trinajstić information content (AvgIpc) is 3.11. The van der Waals surface area contributed by atoms with Gasteiger partial charge in [-0.3, -0.25) is 9.89 Å². The van der Waals surface area contributed by atoms with Crippen LogP contribution in [0.3, 0.4) is 0 Å². The molecule has 0 aliphatic carbocycles. The number of anilines is 1.